The number of ether oxygens (including phenoxy) is 1. The number of nitrogens with two attached hydrogens (primary N) is 1. The van der Waals surface area contributed by atoms with Crippen LogP contribution < -0.4 is 11.3 Å². The highest BCUT2D eigenvalue weighted by Crippen LogP contribution is 2.43. The maximum atomic E-state index is 13.7. The molecule has 2 rings (SSSR count). The Morgan fingerprint density at radius 3 is 2.75 bits per heavy atom. The van der Waals surface area contributed by atoms with E-state index in [4.69, 9.17) is 10.6 Å². The molecular weight excluding hydrogens is 255 g/mol. The molecule has 0 radical (unpaired) electrons. The van der Waals surface area contributed by atoms with Gasteiger partial charge >= 0.3 is 0 Å². The summed E-state index contributed by atoms with van der Waals surface area (Å²) in [5.41, 5.74) is 4.27. The number of hydrogen-bond acceptors (Lipinski definition) is 3. The quantitative estimate of drug-likeness (QED) is 0.657. The van der Waals surface area contributed by atoms with E-state index in [2.05, 4.69) is 12.3 Å². The molecule has 4 heteroatoms. The van der Waals surface area contributed by atoms with Gasteiger partial charge in [-0.25, -0.2) is 4.39 Å². The van der Waals surface area contributed by atoms with E-state index in [-0.39, 0.29) is 17.5 Å². The lowest BCUT2D eigenvalue weighted by atomic mass is 9.73. The van der Waals surface area contributed by atoms with Crippen LogP contribution in [-0.2, 0) is 4.74 Å². The molecule has 3 N–H and O–H groups in total. The third-order valence-corrected chi connectivity index (χ3v) is 4.49. The molecule has 1 saturated carbocycles. The predicted octanol–water partition coefficient (Wildman–Crippen LogP) is 3.23. The lowest BCUT2D eigenvalue weighted by molar-refractivity contribution is -0.0806. The average molecular weight is 280 g/mol. The van der Waals surface area contributed by atoms with Crippen molar-refractivity contribution in [3.05, 3.63) is 35.1 Å². The number of hydrazine groups is 1. The zero-order chi connectivity index (χ0) is 14.8. The smallest absolute Gasteiger partial charge is 0.123 e. The van der Waals surface area contributed by atoms with Crippen LogP contribution in [0.3, 0.4) is 0 Å². The van der Waals surface area contributed by atoms with Crippen LogP contribution in [0.15, 0.2) is 18.2 Å². The fourth-order valence-electron chi connectivity index (χ4n) is 3.59. The first-order chi connectivity index (χ1) is 9.50. The molecular formula is C16H25FN2O. The van der Waals surface area contributed by atoms with E-state index in [1.165, 1.54) is 12.5 Å². The first kappa shape index (κ1) is 15.4. The summed E-state index contributed by atoms with van der Waals surface area (Å²) < 4.78 is 19.6. The van der Waals surface area contributed by atoms with Crippen molar-refractivity contribution in [3.63, 3.8) is 0 Å². The Bertz CT molecular complexity index is 446. The summed E-state index contributed by atoms with van der Waals surface area (Å²) in [4.78, 5) is 0. The summed E-state index contributed by atoms with van der Waals surface area (Å²) in [5.74, 6) is 6.15. The van der Waals surface area contributed by atoms with Crippen LogP contribution in [0, 0.1) is 18.7 Å². The molecule has 1 fully saturated rings. The van der Waals surface area contributed by atoms with Gasteiger partial charge in [0.1, 0.15) is 5.82 Å². The molecule has 0 spiro atoms. The number of nitrogens with one attached hydrogen (secondary N) is 1. The fraction of sp³-hybridized carbons (Fsp3) is 0.625. The highest BCUT2D eigenvalue weighted by molar-refractivity contribution is 5.28. The first-order valence-corrected chi connectivity index (χ1v) is 7.29. The van der Waals surface area contributed by atoms with Crippen LogP contribution in [0.1, 0.15) is 49.8 Å². The van der Waals surface area contributed by atoms with E-state index in [1.54, 1.807) is 13.2 Å². The van der Waals surface area contributed by atoms with E-state index in [0.29, 0.717) is 5.92 Å². The van der Waals surface area contributed by atoms with Crippen LogP contribution in [0.4, 0.5) is 4.39 Å². The average Bonchev–Trinajstić information content (AvgIpc) is 2.38. The minimum Gasteiger partial charge on any atom is -0.376 e. The Morgan fingerprint density at radius 1 is 1.45 bits per heavy atom. The van der Waals surface area contributed by atoms with Crippen molar-refractivity contribution >= 4 is 0 Å². The van der Waals surface area contributed by atoms with Gasteiger partial charge < -0.3 is 4.74 Å². The minimum absolute atomic E-state index is 0.190. The molecule has 20 heavy (non-hydrogen) atoms. The van der Waals surface area contributed by atoms with Gasteiger partial charge in [0.15, 0.2) is 0 Å². The van der Waals surface area contributed by atoms with Gasteiger partial charge in [0.05, 0.1) is 11.6 Å². The maximum Gasteiger partial charge on any atom is 0.123 e. The zero-order valence-corrected chi connectivity index (χ0v) is 12.6. The Labute approximate surface area is 120 Å². The van der Waals surface area contributed by atoms with Crippen LogP contribution in [0.2, 0.25) is 0 Å². The van der Waals surface area contributed by atoms with E-state index < -0.39 is 0 Å². The molecule has 0 aromatic heterocycles. The van der Waals surface area contributed by atoms with Crippen molar-refractivity contribution in [3.8, 4) is 0 Å². The molecule has 1 aliphatic rings. The minimum atomic E-state index is -0.355. The fourth-order valence-corrected chi connectivity index (χ4v) is 3.59. The van der Waals surface area contributed by atoms with Crippen LogP contribution >= 0.6 is 0 Å². The lowest BCUT2D eigenvalue weighted by Crippen LogP contribution is -2.50. The number of hydrogen-bond donors (Lipinski definition) is 2. The largest absolute Gasteiger partial charge is 0.376 e. The number of methoxy groups -OCH3 is 1. The molecule has 0 aliphatic heterocycles. The number of rotatable bonds is 4. The Morgan fingerprint density at radius 2 is 2.20 bits per heavy atom. The Balaban J connectivity index is 2.38. The van der Waals surface area contributed by atoms with Crippen molar-refractivity contribution in [1.82, 2.24) is 5.43 Å². The molecule has 112 valence electrons. The molecule has 0 heterocycles. The van der Waals surface area contributed by atoms with Gasteiger partial charge in [0, 0.05) is 7.11 Å². The third kappa shape index (κ3) is 3.03. The highest BCUT2D eigenvalue weighted by atomic mass is 19.1. The second-order valence-electron chi connectivity index (χ2n) is 6.13. The van der Waals surface area contributed by atoms with Crippen molar-refractivity contribution in [1.29, 1.82) is 0 Å². The van der Waals surface area contributed by atoms with Gasteiger partial charge in [-0.1, -0.05) is 25.8 Å². The molecule has 3 unspecified atom stereocenters. The van der Waals surface area contributed by atoms with Gasteiger partial charge in [-0.3, -0.25) is 11.3 Å². The summed E-state index contributed by atoms with van der Waals surface area (Å²) in [5, 5.41) is 0. The van der Waals surface area contributed by atoms with Crippen molar-refractivity contribution < 1.29 is 9.13 Å². The van der Waals surface area contributed by atoms with E-state index in [9.17, 15) is 4.39 Å². The summed E-state index contributed by atoms with van der Waals surface area (Å²) in [7, 11) is 1.73. The maximum absolute atomic E-state index is 13.7. The van der Waals surface area contributed by atoms with Crippen molar-refractivity contribution in [2.75, 3.05) is 7.11 Å². The van der Waals surface area contributed by atoms with Crippen LogP contribution in [0.25, 0.3) is 0 Å². The van der Waals surface area contributed by atoms with Gasteiger partial charge in [-0.15, -0.1) is 0 Å². The van der Waals surface area contributed by atoms with Gasteiger partial charge in [0.2, 0.25) is 0 Å². The first-order valence-electron chi connectivity index (χ1n) is 7.29. The second kappa shape index (κ2) is 6.20. The van der Waals surface area contributed by atoms with Crippen molar-refractivity contribution in [2.24, 2.45) is 11.8 Å². The lowest BCUT2D eigenvalue weighted by Gasteiger charge is -2.44. The number of aryl methyl sites for hydroxylation is 1. The molecule has 1 aromatic carbocycles. The summed E-state index contributed by atoms with van der Waals surface area (Å²) in [6.45, 7) is 4.13. The van der Waals surface area contributed by atoms with Gasteiger partial charge in [-0.05, 0) is 48.9 Å². The number of halogens is 1. The normalized spacial score (nSPS) is 28.4. The van der Waals surface area contributed by atoms with E-state index in [1.807, 2.05) is 13.0 Å². The third-order valence-electron chi connectivity index (χ3n) is 4.49. The highest BCUT2D eigenvalue weighted by Gasteiger charge is 2.42. The number of benzene rings is 1. The SMILES string of the molecule is COC1(C(NN)c2cc(C)cc(F)c2)CCCC(C)C1. The predicted molar refractivity (Wildman–Crippen MR) is 78.6 cm³/mol. The van der Waals surface area contributed by atoms with Crippen LogP contribution in [-0.4, -0.2) is 12.7 Å². The Hall–Kier alpha value is -0.970. The summed E-state index contributed by atoms with van der Waals surface area (Å²) in [6.07, 6.45) is 4.21. The second-order valence-corrected chi connectivity index (χ2v) is 6.13. The van der Waals surface area contributed by atoms with E-state index in [0.717, 1.165) is 30.4 Å². The monoisotopic (exact) mass is 280 g/mol. The standard InChI is InChI=1S/C16H25FN2O/c1-11-5-4-6-16(10-11,20-3)15(19-18)13-7-12(2)8-14(17)9-13/h7-9,11,15,19H,4-6,10,18H2,1-3H3. The molecule has 1 aliphatic carbocycles. The van der Waals surface area contributed by atoms with Crippen LogP contribution in [0.5, 0.6) is 0 Å². The molecule has 0 saturated heterocycles. The molecule has 1 aromatic rings. The Kier molecular flexibility index (Phi) is 4.78. The summed E-state index contributed by atoms with van der Waals surface area (Å²) >= 11 is 0. The van der Waals surface area contributed by atoms with E-state index >= 15 is 0 Å². The van der Waals surface area contributed by atoms with Gasteiger partial charge in [-0.2, -0.15) is 0 Å². The van der Waals surface area contributed by atoms with Crippen molar-refractivity contribution in [2.45, 2.75) is 51.2 Å². The topological polar surface area (TPSA) is 47.3 Å². The van der Waals surface area contributed by atoms with Gasteiger partial charge in [0.25, 0.3) is 0 Å². The molecule has 0 bridgehead atoms. The summed E-state index contributed by atoms with van der Waals surface area (Å²) in [6, 6.07) is 4.87. The molecule has 3 atom stereocenters. The molecule has 3 nitrogen and oxygen atoms in total. The molecule has 0 amide bonds. The zero-order valence-electron chi connectivity index (χ0n) is 12.6.